The Balaban J connectivity index is 1.36. The summed E-state index contributed by atoms with van der Waals surface area (Å²) in [5.41, 5.74) is 2.74. The number of hydrogen-bond acceptors (Lipinski definition) is 4. The standard InChI is InChI=1S/C22H23FN2O2S/c1-15-2-7-19-21(12-15)28-22(27)25(19)13-16-8-10-24(11-9-16)14-20(26)17-3-5-18(23)6-4-17/h2-7,12,16H,8-11,13-14H2,1H3. The largest absolute Gasteiger partial charge is 0.308 e. The number of thiazole rings is 1. The second kappa shape index (κ2) is 7.97. The summed E-state index contributed by atoms with van der Waals surface area (Å²) in [6, 6.07) is 11.9. The van der Waals surface area contributed by atoms with Crippen LogP contribution in [0.25, 0.3) is 10.2 Å². The number of Topliss-reactive ketones (excluding diaryl/α,β-unsaturated/α-hetero) is 1. The molecule has 0 atom stereocenters. The number of nitrogens with zero attached hydrogens (tertiary/aromatic N) is 2. The zero-order chi connectivity index (χ0) is 19.7. The molecule has 2 aromatic carbocycles. The Morgan fingerprint density at radius 3 is 2.57 bits per heavy atom. The van der Waals surface area contributed by atoms with Gasteiger partial charge in [-0.1, -0.05) is 17.4 Å². The highest BCUT2D eigenvalue weighted by Crippen LogP contribution is 2.24. The van der Waals surface area contributed by atoms with E-state index in [0.717, 1.165) is 42.7 Å². The molecule has 28 heavy (non-hydrogen) atoms. The maximum absolute atomic E-state index is 13.0. The molecule has 0 aliphatic carbocycles. The molecule has 0 spiro atoms. The second-order valence-electron chi connectivity index (χ2n) is 7.60. The Kier molecular flexibility index (Phi) is 5.42. The minimum atomic E-state index is -0.330. The van der Waals surface area contributed by atoms with Gasteiger partial charge in [0.1, 0.15) is 5.82 Å². The summed E-state index contributed by atoms with van der Waals surface area (Å²) in [6.07, 6.45) is 1.93. The second-order valence-corrected chi connectivity index (χ2v) is 8.59. The number of fused-ring (bicyclic) bond motifs is 1. The Bertz CT molecular complexity index is 1050. The molecule has 146 valence electrons. The summed E-state index contributed by atoms with van der Waals surface area (Å²) in [4.78, 5) is 27.0. The van der Waals surface area contributed by atoms with Gasteiger partial charge in [-0.15, -0.1) is 0 Å². The van der Waals surface area contributed by atoms with Gasteiger partial charge >= 0.3 is 4.87 Å². The van der Waals surface area contributed by atoms with Gasteiger partial charge in [0.05, 0.1) is 16.8 Å². The fourth-order valence-corrected chi connectivity index (χ4v) is 4.86. The summed E-state index contributed by atoms with van der Waals surface area (Å²) in [5, 5.41) is 0. The molecule has 0 unspecified atom stereocenters. The highest BCUT2D eigenvalue weighted by molar-refractivity contribution is 7.16. The topological polar surface area (TPSA) is 42.3 Å². The van der Waals surface area contributed by atoms with E-state index in [1.54, 1.807) is 12.1 Å². The first kappa shape index (κ1) is 19.0. The number of hydrogen-bond donors (Lipinski definition) is 0. The lowest BCUT2D eigenvalue weighted by molar-refractivity contribution is 0.0890. The van der Waals surface area contributed by atoms with E-state index in [9.17, 15) is 14.0 Å². The van der Waals surface area contributed by atoms with E-state index < -0.39 is 0 Å². The molecule has 1 aromatic heterocycles. The molecule has 1 aliphatic heterocycles. The van der Waals surface area contributed by atoms with Crippen LogP contribution in [0.3, 0.4) is 0 Å². The lowest BCUT2D eigenvalue weighted by Gasteiger charge is -2.31. The Labute approximate surface area is 167 Å². The number of likely N-dealkylation sites (tertiary alicyclic amines) is 1. The van der Waals surface area contributed by atoms with Gasteiger partial charge in [-0.2, -0.15) is 0 Å². The summed E-state index contributed by atoms with van der Waals surface area (Å²) < 4.78 is 16.0. The van der Waals surface area contributed by atoms with Crippen molar-refractivity contribution in [2.45, 2.75) is 26.3 Å². The van der Waals surface area contributed by atoms with Crippen LogP contribution in [0.15, 0.2) is 47.3 Å². The lowest BCUT2D eigenvalue weighted by atomic mass is 9.96. The van der Waals surface area contributed by atoms with Crippen molar-refractivity contribution in [1.29, 1.82) is 0 Å². The van der Waals surface area contributed by atoms with E-state index in [-0.39, 0.29) is 16.5 Å². The van der Waals surface area contributed by atoms with Gasteiger partial charge in [-0.05, 0) is 80.7 Å². The number of benzene rings is 2. The molecule has 4 rings (SSSR count). The Morgan fingerprint density at radius 1 is 1.14 bits per heavy atom. The van der Waals surface area contributed by atoms with Crippen LogP contribution >= 0.6 is 11.3 Å². The fourth-order valence-electron chi connectivity index (χ4n) is 3.86. The van der Waals surface area contributed by atoms with E-state index in [4.69, 9.17) is 0 Å². The molecule has 0 saturated carbocycles. The number of aryl methyl sites for hydroxylation is 1. The van der Waals surface area contributed by atoms with Crippen LogP contribution in [-0.2, 0) is 6.54 Å². The summed E-state index contributed by atoms with van der Waals surface area (Å²) >= 11 is 1.31. The maximum Gasteiger partial charge on any atom is 0.308 e. The van der Waals surface area contributed by atoms with Crippen molar-refractivity contribution in [3.05, 3.63) is 69.1 Å². The summed E-state index contributed by atoms with van der Waals surface area (Å²) in [7, 11) is 0. The smallest absolute Gasteiger partial charge is 0.298 e. The van der Waals surface area contributed by atoms with Crippen LogP contribution in [0.4, 0.5) is 4.39 Å². The van der Waals surface area contributed by atoms with Gasteiger partial charge < -0.3 is 0 Å². The maximum atomic E-state index is 13.0. The predicted molar refractivity (Wildman–Crippen MR) is 111 cm³/mol. The summed E-state index contributed by atoms with van der Waals surface area (Å²) in [5.74, 6) is 0.131. The minimum Gasteiger partial charge on any atom is -0.298 e. The van der Waals surface area contributed by atoms with Crippen LogP contribution in [0.5, 0.6) is 0 Å². The molecular formula is C22H23FN2O2S. The number of carbonyl (C=O) groups excluding carboxylic acids is 1. The van der Waals surface area contributed by atoms with Crippen molar-refractivity contribution < 1.29 is 9.18 Å². The molecule has 0 N–H and O–H groups in total. The first-order valence-electron chi connectivity index (χ1n) is 9.61. The van der Waals surface area contributed by atoms with Gasteiger partial charge in [-0.3, -0.25) is 19.1 Å². The lowest BCUT2D eigenvalue weighted by Crippen LogP contribution is -2.38. The third-order valence-electron chi connectivity index (χ3n) is 5.51. The zero-order valence-corrected chi connectivity index (χ0v) is 16.7. The van der Waals surface area contributed by atoms with Gasteiger partial charge in [0, 0.05) is 12.1 Å². The van der Waals surface area contributed by atoms with Crippen LogP contribution < -0.4 is 4.87 Å². The number of piperidine rings is 1. The monoisotopic (exact) mass is 398 g/mol. The Hall–Kier alpha value is -2.31. The predicted octanol–water partition coefficient (Wildman–Crippen LogP) is 4.11. The van der Waals surface area contributed by atoms with Crippen LogP contribution in [0, 0.1) is 18.7 Å². The fraction of sp³-hybridized carbons (Fsp3) is 0.364. The minimum absolute atomic E-state index is 0.0221. The molecule has 2 heterocycles. The summed E-state index contributed by atoms with van der Waals surface area (Å²) in [6.45, 7) is 4.82. The van der Waals surface area contributed by atoms with Crippen LogP contribution in [0.2, 0.25) is 0 Å². The first-order valence-corrected chi connectivity index (χ1v) is 10.4. The van der Waals surface area contributed by atoms with E-state index in [2.05, 4.69) is 17.0 Å². The van der Waals surface area contributed by atoms with Crippen LogP contribution in [0.1, 0.15) is 28.8 Å². The van der Waals surface area contributed by atoms with E-state index in [1.165, 1.54) is 29.0 Å². The van der Waals surface area contributed by atoms with Gasteiger partial charge in [0.25, 0.3) is 0 Å². The normalized spacial score (nSPS) is 15.9. The molecular weight excluding hydrogens is 375 g/mol. The van der Waals surface area contributed by atoms with E-state index in [1.807, 2.05) is 17.6 Å². The van der Waals surface area contributed by atoms with Crippen molar-refractivity contribution in [1.82, 2.24) is 9.47 Å². The quantitative estimate of drug-likeness (QED) is 0.608. The SMILES string of the molecule is Cc1ccc2c(c1)sc(=O)n2CC1CCN(CC(=O)c2ccc(F)cc2)CC1. The number of halogens is 1. The number of carbonyl (C=O) groups is 1. The van der Waals surface area contributed by atoms with Gasteiger partial charge in [0.15, 0.2) is 5.78 Å². The molecule has 0 bridgehead atoms. The van der Waals surface area contributed by atoms with Gasteiger partial charge in [0.2, 0.25) is 0 Å². The molecule has 4 nitrogen and oxygen atoms in total. The third kappa shape index (κ3) is 4.08. The molecule has 1 fully saturated rings. The molecule has 1 aliphatic rings. The zero-order valence-electron chi connectivity index (χ0n) is 15.9. The van der Waals surface area contributed by atoms with Crippen molar-refractivity contribution in [3.63, 3.8) is 0 Å². The first-order chi connectivity index (χ1) is 13.5. The van der Waals surface area contributed by atoms with Crippen molar-refractivity contribution in [3.8, 4) is 0 Å². The molecule has 0 amide bonds. The molecule has 3 aromatic rings. The van der Waals surface area contributed by atoms with E-state index >= 15 is 0 Å². The Morgan fingerprint density at radius 2 is 1.86 bits per heavy atom. The molecule has 0 radical (unpaired) electrons. The molecule has 1 saturated heterocycles. The van der Waals surface area contributed by atoms with Crippen molar-refractivity contribution in [2.75, 3.05) is 19.6 Å². The van der Waals surface area contributed by atoms with Crippen molar-refractivity contribution in [2.24, 2.45) is 5.92 Å². The van der Waals surface area contributed by atoms with Gasteiger partial charge in [-0.25, -0.2) is 4.39 Å². The highest BCUT2D eigenvalue weighted by Gasteiger charge is 2.23. The average Bonchev–Trinajstić information content (AvgIpc) is 2.98. The third-order valence-corrected chi connectivity index (χ3v) is 6.45. The molecule has 6 heteroatoms. The van der Waals surface area contributed by atoms with Crippen molar-refractivity contribution >= 4 is 27.3 Å². The number of ketones is 1. The van der Waals surface area contributed by atoms with E-state index in [0.29, 0.717) is 18.0 Å². The highest BCUT2D eigenvalue weighted by atomic mass is 32.1. The van der Waals surface area contributed by atoms with Crippen LogP contribution in [-0.4, -0.2) is 34.9 Å². The number of rotatable bonds is 5. The average molecular weight is 399 g/mol. The number of aromatic nitrogens is 1.